The van der Waals surface area contributed by atoms with E-state index in [1.807, 2.05) is 61.5 Å². The van der Waals surface area contributed by atoms with Crippen molar-refractivity contribution in [1.29, 1.82) is 0 Å². The van der Waals surface area contributed by atoms with Crippen LogP contribution in [-0.4, -0.2) is 28.1 Å². The number of ether oxygens (including phenoxy) is 1. The van der Waals surface area contributed by atoms with E-state index in [0.717, 1.165) is 21.8 Å². The number of hydrogen-bond acceptors (Lipinski definition) is 5. The number of hydrogen-bond donors (Lipinski definition) is 3. The molecule has 3 rings (SSSR count). The van der Waals surface area contributed by atoms with E-state index in [0.29, 0.717) is 24.6 Å². The quantitative estimate of drug-likeness (QED) is 0.459. The molecule has 1 heterocycles. The monoisotopic (exact) mass is 425 g/mol. The number of rotatable bonds is 9. The molecule has 7 nitrogen and oxygen atoms in total. The lowest BCUT2D eigenvalue weighted by molar-refractivity contribution is -0.118. The van der Waals surface area contributed by atoms with E-state index < -0.39 is 18.0 Å². The third kappa shape index (κ3) is 5.81. The fourth-order valence-electron chi connectivity index (χ4n) is 2.92. The Morgan fingerprint density at radius 3 is 2.60 bits per heavy atom. The SMILES string of the molecule is CCC[C@H](NC(=O)O)C(=O)Nc1ncc(-c2ccccc2COc2ccccc2)s1. The zero-order valence-corrected chi connectivity index (χ0v) is 17.3. The van der Waals surface area contributed by atoms with E-state index in [2.05, 4.69) is 15.6 Å². The molecule has 3 N–H and O–H groups in total. The summed E-state index contributed by atoms with van der Waals surface area (Å²) in [4.78, 5) is 28.5. The Kier molecular flexibility index (Phi) is 7.40. The van der Waals surface area contributed by atoms with E-state index in [4.69, 9.17) is 9.84 Å². The lowest BCUT2D eigenvalue weighted by Crippen LogP contribution is -2.43. The first kappa shape index (κ1) is 21.3. The van der Waals surface area contributed by atoms with Crippen molar-refractivity contribution in [3.05, 3.63) is 66.4 Å². The molecule has 8 heteroatoms. The molecule has 0 fully saturated rings. The molecule has 30 heavy (non-hydrogen) atoms. The topological polar surface area (TPSA) is 101 Å². The molecule has 0 radical (unpaired) electrons. The summed E-state index contributed by atoms with van der Waals surface area (Å²) in [5, 5.41) is 14.3. The molecule has 2 aromatic carbocycles. The van der Waals surface area contributed by atoms with Crippen LogP contribution in [0.3, 0.4) is 0 Å². The number of carboxylic acid groups (broad SMARTS) is 1. The number of nitrogens with one attached hydrogen (secondary N) is 2. The Balaban J connectivity index is 1.71. The van der Waals surface area contributed by atoms with Crippen LogP contribution in [0.15, 0.2) is 60.8 Å². The molecule has 0 unspecified atom stereocenters. The Labute approximate surface area is 178 Å². The van der Waals surface area contributed by atoms with Gasteiger partial charge in [0.25, 0.3) is 0 Å². The number of thiazole rings is 1. The second-order valence-electron chi connectivity index (χ2n) is 6.57. The molecule has 1 atom stereocenters. The number of carbonyl (C=O) groups is 2. The van der Waals surface area contributed by atoms with Gasteiger partial charge < -0.3 is 20.5 Å². The minimum Gasteiger partial charge on any atom is -0.489 e. The molecule has 0 saturated heterocycles. The van der Waals surface area contributed by atoms with Crippen LogP contribution in [0.2, 0.25) is 0 Å². The number of nitrogens with zero attached hydrogens (tertiary/aromatic N) is 1. The average molecular weight is 426 g/mol. The van der Waals surface area contributed by atoms with Gasteiger partial charge >= 0.3 is 6.09 Å². The summed E-state index contributed by atoms with van der Waals surface area (Å²) < 4.78 is 5.87. The van der Waals surface area contributed by atoms with E-state index in [-0.39, 0.29) is 0 Å². The molecule has 3 aromatic rings. The Morgan fingerprint density at radius 1 is 1.13 bits per heavy atom. The van der Waals surface area contributed by atoms with Gasteiger partial charge in [-0.25, -0.2) is 9.78 Å². The van der Waals surface area contributed by atoms with E-state index >= 15 is 0 Å². The zero-order valence-electron chi connectivity index (χ0n) is 16.5. The van der Waals surface area contributed by atoms with Gasteiger partial charge in [0.15, 0.2) is 5.13 Å². The van der Waals surface area contributed by atoms with Crippen LogP contribution >= 0.6 is 11.3 Å². The van der Waals surface area contributed by atoms with Gasteiger partial charge in [0, 0.05) is 6.20 Å². The van der Waals surface area contributed by atoms with Crippen molar-refractivity contribution >= 4 is 28.5 Å². The third-order valence-electron chi connectivity index (χ3n) is 4.35. The minimum absolute atomic E-state index is 0.404. The van der Waals surface area contributed by atoms with Gasteiger partial charge in [0.1, 0.15) is 18.4 Å². The molecule has 0 spiro atoms. The van der Waals surface area contributed by atoms with Crippen LogP contribution < -0.4 is 15.4 Å². The van der Waals surface area contributed by atoms with Crippen molar-refractivity contribution in [2.24, 2.45) is 0 Å². The van der Waals surface area contributed by atoms with E-state index in [9.17, 15) is 9.59 Å². The van der Waals surface area contributed by atoms with Crippen LogP contribution in [-0.2, 0) is 11.4 Å². The maximum Gasteiger partial charge on any atom is 0.405 e. The average Bonchev–Trinajstić information content (AvgIpc) is 3.21. The first-order chi connectivity index (χ1) is 14.6. The van der Waals surface area contributed by atoms with Crippen molar-refractivity contribution in [2.45, 2.75) is 32.4 Å². The predicted octanol–water partition coefficient (Wildman–Crippen LogP) is 4.76. The van der Waals surface area contributed by atoms with Gasteiger partial charge in [0.2, 0.25) is 5.91 Å². The fraction of sp³-hybridized carbons (Fsp3) is 0.227. The van der Waals surface area contributed by atoms with Gasteiger partial charge in [0.05, 0.1) is 4.88 Å². The lowest BCUT2D eigenvalue weighted by atomic mass is 10.1. The van der Waals surface area contributed by atoms with E-state index in [1.165, 1.54) is 11.3 Å². The second-order valence-corrected chi connectivity index (χ2v) is 7.60. The molecule has 1 aromatic heterocycles. The van der Waals surface area contributed by atoms with Crippen molar-refractivity contribution in [2.75, 3.05) is 5.32 Å². The minimum atomic E-state index is -1.23. The summed E-state index contributed by atoms with van der Waals surface area (Å²) in [5.74, 6) is 0.373. The summed E-state index contributed by atoms with van der Waals surface area (Å²) in [6.07, 6.45) is 1.56. The zero-order chi connectivity index (χ0) is 21.3. The Hall–Kier alpha value is -3.39. The first-order valence-corrected chi connectivity index (χ1v) is 10.4. The normalized spacial score (nSPS) is 11.5. The number of carbonyl (C=O) groups excluding carboxylic acids is 1. The summed E-state index contributed by atoms with van der Waals surface area (Å²) in [6.45, 7) is 2.29. The van der Waals surface area contributed by atoms with Gasteiger partial charge in [-0.2, -0.15) is 0 Å². The molecule has 0 saturated carbocycles. The molecule has 0 bridgehead atoms. The number of aromatic nitrogens is 1. The fourth-order valence-corrected chi connectivity index (χ4v) is 3.80. The summed E-state index contributed by atoms with van der Waals surface area (Å²) >= 11 is 1.33. The van der Waals surface area contributed by atoms with Crippen LogP contribution in [0.1, 0.15) is 25.3 Å². The lowest BCUT2D eigenvalue weighted by Gasteiger charge is -2.14. The highest BCUT2D eigenvalue weighted by Crippen LogP contribution is 2.32. The molecular formula is C22H23N3O4S. The van der Waals surface area contributed by atoms with E-state index in [1.54, 1.807) is 6.20 Å². The van der Waals surface area contributed by atoms with Crippen molar-refractivity contribution < 1.29 is 19.4 Å². The van der Waals surface area contributed by atoms with Crippen molar-refractivity contribution in [1.82, 2.24) is 10.3 Å². The molecule has 2 amide bonds. The van der Waals surface area contributed by atoms with Crippen LogP contribution in [0, 0.1) is 0 Å². The molecule has 0 aliphatic rings. The number of amides is 2. The van der Waals surface area contributed by atoms with Crippen LogP contribution in [0.4, 0.5) is 9.93 Å². The van der Waals surface area contributed by atoms with Crippen molar-refractivity contribution in [3.8, 4) is 16.2 Å². The summed E-state index contributed by atoms with van der Waals surface area (Å²) in [6, 6.07) is 16.6. The standard InChI is InChI=1S/C22H23N3O4S/c1-2-8-18(24-22(27)28)20(26)25-21-23-13-19(30-21)17-12-7-6-9-15(17)14-29-16-10-4-3-5-11-16/h3-7,9-13,18,24H,2,8,14H2,1H3,(H,27,28)(H,23,25,26)/t18-/m0/s1. The summed E-state index contributed by atoms with van der Waals surface area (Å²) in [7, 11) is 0. The maximum atomic E-state index is 12.4. The highest BCUT2D eigenvalue weighted by molar-refractivity contribution is 7.19. The maximum absolute atomic E-state index is 12.4. The van der Waals surface area contributed by atoms with Gasteiger partial charge in [-0.05, 0) is 29.7 Å². The Bertz CT molecular complexity index is 991. The predicted molar refractivity (Wildman–Crippen MR) is 117 cm³/mol. The highest BCUT2D eigenvalue weighted by atomic mass is 32.1. The first-order valence-electron chi connectivity index (χ1n) is 9.59. The van der Waals surface area contributed by atoms with Crippen molar-refractivity contribution in [3.63, 3.8) is 0 Å². The number of anilines is 1. The van der Waals surface area contributed by atoms with Gasteiger partial charge in [-0.3, -0.25) is 4.79 Å². The second kappa shape index (κ2) is 10.4. The van der Waals surface area contributed by atoms with Gasteiger partial charge in [-0.15, -0.1) is 0 Å². The largest absolute Gasteiger partial charge is 0.489 e. The van der Waals surface area contributed by atoms with Crippen LogP contribution in [0.5, 0.6) is 5.75 Å². The number of benzene rings is 2. The number of para-hydroxylation sites is 1. The summed E-state index contributed by atoms with van der Waals surface area (Å²) in [5.41, 5.74) is 1.97. The molecule has 0 aliphatic heterocycles. The van der Waals surface area contributed by atoms with Crippen LogP contribution in [0.25, 0.3) is 10.4 Å². The molecule has 0 aliphatic carbocycles. The van der Waals surface area contributed by atoms with Gasteiger partial charge in [-0.1, -0.05) is 67.1 Å². The third-order valence-corrected chi connectivity index (χ3v) is 5.29. The highest BCUT2D eigenvalue weighted by Gasteiger charge is 2.21. The molecule has 156 valence electrons. The smallest absolute Gasteiger partial charge is 0.405 e. The molecular weight excluding hydrogens is 402 g/mol. The Morgan fingerprint density at radius 2 is 1.87 bits per heavy atom.